The van der Waals surface area contributed by atoms with E-state index in [9.17, 15) is 13.6 Å². The number of amides is 1. The van der Waals surface area contributed by atoms with Crippen molar-refractivity contribution in [1.82, 2.24) is 16.0 Å². The second-order valence-corrected chi connectivity index (χ2v) is 6.29. The van der Waals surface area contributed by atoms with E-state index in [0.29, 0.717) is 25.5 Å². The van der Waals surface area contributed by atoms with E-state index in [4.69, 9.17) is 0 Å². The van der Waals surface area contributed by atoms with Crippen LogP contribution in [0, 0.1) is 11.6 Å². The van der Waals surface area contributed by atoms with Crippen LogP contribution in [0.3, 0.4) is 0 Å². The number of anilines is 1. The molecule has 25 heavy (non-hydrogen) atoms. The van der Waals surface area contributed by atoms with Gasteiger partial charge in [0.25, 0.3) is 0 Å². The maximum atomic E-state index is 13.9. The number of nitrogens with one attached hydrogen (secondary N) is 3. The fourth-order valence-corrected chi connectivity index (χ4v) is 2.80. The quantitative estimate of drug-likeness (QED) is 0.550. The lowest BCUT2D eigenvalue weighted by molar-refractivity contribution is -0.120. The summed E-state index contributed by atoms with van der Waals surface area (Å²) in [6.45, 7) is 4.88. The Morgan fingerprint density at radius 3 is 2.64 bits per heavy atom. The van der Waals surface area contributed by atoms with Gasteiger partial charge in [0.15, 0.2) is 5.96 Å². The maximum Gasteiger partial charge on any atom is 0.239 e. The van der Waals surface area contributed by atoms with Crippen LogP contribution in [0.1, 0.15) is 20.3 Å². The maximum absolute atomic E-state index is 13.9. The van der Waals surface area contributed by atoms with Crippen LogP contribution in [0.15, 0.2) is 23.2 Å². The van der Waals surface area contributed by atoms with E-state index in [0.717, 1.165) is 0 Å². The highest BCUT2D eigenvalue weighted by Crippen LogP contribution is 2.26. The molecule has 1 aromatic carbocycles. The Morgan fingerprint density at radius 1 is 1.36 bits per heavy atom. The average molecular weight is 353 g/mol. The SMILES string of the molecule is CN=C(NCC(=O)NC(C)C)NC1CCN(c2c(F)cccc2F)C1. The molecule has 1 aliphatic heterocycles. The van der Waals surface area contributed by atoms with Crippen LogP contribution >= 0.6 is 0 Å². The second kappa shape index (κ2) is 8.64. The Balaban J connectivity index is 1.88. The standard InChI is InChI=1S/C17H25F2N5O/c1-11(2)22-15(25)9-21-17(20-3)23-12-7-8-24(10-12)16-13(18)5-4-6-14(16)19/h4-6,11-12H,7-10H2,1-3H3,(H,22,25)(H2,20,21,23). The van der Waals surface area contributed by atoms with E-state index < -0.39 is 11.6 Å². The molecular weight excluding hydrogens is 328 g/mol. The summed E-state index contributed by atoms with van der Waals surface area (Å²) in [7, 11) is 1.61. The minimum Gasteiger partial charge on any atom is -0.365 e. The second-order valence-electron chi connectivity index (χ2n) is 6.29. The number of carbonyl (C=O) groups is 1. The third kappa shape index (κ3) is 5.30. The molecule has 0 spiro atoms. The van der Waals surface area contributed by atoms with Gasteiger partial charge in [-0.3, -0.25) is 9.79 Å². The Labute approximate surface area is 146 Å². The van der Waals surface area contributed by atoms with Crippen LogP contribution in [0.5, 0.6) is 0 Å². The molecule has 1 amide bonds. The van der Waals surface area contributed by atoms with Gasteiger partial charge in [-0.1, -0.05) is 6.07 Å². The lowest BCUT2D eigenvalue weighted by atomic mass is 10.2. The van der Waals surface area contributed by atoms with E-state index in [2.05, 4.69) is 20.9 Å². The predicted octanol–water partition coefficient (Wildman–Crippen LogP) is 1.23. The van der Waals surface area contributed by atoms with E-state index in [-0.39, 0.29) is 30.2 Å². The molecule has 0 saturated carbocycles. The molecule has 0 aliphatic carbocycles. The molecule has 0 bridgehead atoms. The van der Waals surface area contributed by atoms with Crippen molar-refractivity contribution in [3.8, 4) is 0 Å². The molecule has 0 radical (unpaired) electrons. The molecule has 8 heteroatoms. The van der Waals surface area contributed by atoms with Gasteiger partial charge in [-0.2, -0.15) is 0 Å². The van der Waals surface area contributed by atoms with Crippen LogP contribution in [0.4, 0.5) is 14.5 Å². The summed E-state index contributed by atoms with van der Waals surface area (Å²) in [5, 5.41) is 8.91. The highest BCUT2D eigenvalue weighted by molar-refractivity contribution is 5.86. The summed E-state index contributed by atoms with van der Waals surface area (Å²) in [6, 6.07) is 3.93. The molecule has 1 fully saturated rings. The van der Waals surface area contributed by atoms with Gasteiger partial charge in [-0.05, 0) is 32.4 Å². The van der Waals surface area contributed by atoms with Crippen LogP contribution in [0.25, 0.3) is 0 Å². The van der Waals surface area contributed by atoms with Crippen LogP contribution in [-0.4, -0.2) is 50.6 Å². The molecule has 1 aromatic rings. The summed E-state index contributed by atoms with van der Waals surface area (Å²) in [5.41, 5.74) is 0.00561. The van der Waals surface area contributed by atoms with Crippen LogP contribution < -0.4 is 20.9 Å². The molecule has 1 unspecified atom stereocenters. The van der Waals surface area contributed by atoms with Crippen molar-refractivity contribution in [2.75, 3.05) is 31.6 Å². The third-order valence-electron chi connectivity index (χ3n) is 3.87. The van der Waals surface area contributed by atoms with Gasteiger partial charge in [0.05, 0.1) is 6.54 Å². The normalized spacial score (nSPS) is 17.8. The van der Waals surface area contributed by atoms with Crippen molar-refractivity contribution in [2.45, 2.75) is 32.4 Å². The fraction of sp³-hybridized carbons (Fsp3) is 0.529. The summed E-state index contributed by atoms with van der Waals surface area (Å²) < 4.78 is 27.8. The molecule has 1 atom stereocenters. The number of para-hydroxylation sites is 1. The van der Waals surface area contributed by atoms with Crippen molar-refractivity contribution in [1.29, 1.82) is 0 Å². The minimum absolute atomic E-state index is 0.00561. The zero-order valence-electron chi connectivity index (χ0n) is 14.8. The Hall–Kier alpha value is -2.38. The third-order valence-corrected chi connectivity index (χ3v) is 3.87. The largest absolute Gasteiger partial charge is 0.365 e. The van der Waals surface area contributed by atoms with E-state index >= 15 is 0 Å². The first-order valence-electron chi connectivity index (χ1n) is 8.36. The Kier molecular flexibility index (Phi) is 6.55. The highest BCUT2D eigenvalue weighted by Gasteiger charge is 2.27. The van der Waals surface area contributed by atoms with Crippen molar-refractivity contribution in [3.63, 3.8) is 0 Å². The van der Waals surface area contributed by atoms with Crippen LogP contribution in [-0.2, 0) is 4.79 Å². The van der Waals surface area contributed by atoms with E-state index in [1.165, 1.54) is 18.2 Å². The van der Waals surface area contributed by atoms with Crippen molar-refractivity contribution in [2.24, 2.45) is 4.99 Å². The van der Waals surface area contributed by atoms with Crippen molar-refractivity contribution in [3.05, 3.63) is 29.8 Å². The first-order chi connectivity index (χ1) is 11.9. The number of nitrogens with zero attached hydrogens (tertiary/aromatic N) is 2. The first-order valence-corrected chi connectivity index (χ1v) is 8.36. The van der Waals surface area contributed by atoms with Crippen molar-refractivity contribution < 1.29 is 13.6 Å². The number of rotatable bonds is 5. The number of guanidine groups is 1. The minimum atomic E-state index is -0.562. The summed E-state index contributed by atoms with van der Waals surface area (Å²) in [6.07, 6.45) is 0.715. The lowest BCUT2D eigenvalue weighted by Gasteiger charge is -2.21. The average Bonchev–Trinajstić information content (AvgIpc) is 2.98. The number of hydrogen-bond acceptors (Lipinski definition) is 3. The number of aliphatic imine (C=N–C) groups is 1. The van der Waals surface area contributed by atoms with Crippen LogP contribution in [0.2, 0.25) is 0 Å². The molecule has 1 aliphatic rings. The molecule has 6 nitrogen and oxygen atoms in total. The highest BCUT2D eigenvalue weighted by atomic mass is 19.1. The summed E-state index contributed by atoms with van der Waals surface area (Å²) in [4.78, 5) is 17.4. The van der Waals surface area contributed by atoms with Gasteiger partial charge < -0.3 is 20.9 Å². The monoisotopic (exact) mass is 353 g/mol. The Bertz CT molecular complexity index is 615. The number of hydrogen-bond donors (Lipinski definition) is 3. The van der Waals surface area contributed by atoms with Gasteiger partial charge in [-0.25, -0.2) is 8.78 Å². The summed E-state index contributed by atoms with van der Waals surface area (Å²) >= 11 is 0. The van der Waals surface area contributed by atoms with Gasteiger partial charge in [-0.15, -0.1) is 0 Å². The first kappa shape index (κ1) is 19.0. The van der Waals surface area contributed by atoms with Gasteiger partial charge in [0, 0.05) is 32.2 Å². The molecule has 138 valence electrons. The molecule has 0 aromatic heterocycles. The lowest BCUT2D eigenvalue weighted by Crippen LogP contribution is -2.48. The molecule has 1 heterocycles. The molecule has 3 N–H and O–H groups in total. The molecular formula is C17H25F2N5O. The topological polar surface area (TPSA) is 68.8 Å². The van der Waals surface area contributed by atoms with E-state index in [1.54, 1.807) is 11.9 Å². The molecule has 2 rings (SSSR count). The number of benzene rings is 1. The van der Waals surface area contributed by atoms with Gasteiger partial charge >= 0.3 is 0 Å². The van der Waals surface area contributed by atoms with Gasteiger partial charge in [0.2, 0.25) is 5.91 Å². The molecule has 1 saturated heterocycles. The fourth-order valence-electron chi connectivity index (χ4n) is 2.80. The smallest absolute Gasteiger partial charge is 0.239 e. The zero-order valence-corrected chi connectivity index (χ0v) is 14.8. The number of carbonyl (C=O) groups excluding carboxylic acids is 1. The number of halogens is 2. The zero-order chi connectivity index (χ0) is 18.4. The predicted molar refractivity (Wildman–Crippen MR) is 94.8 cm³/mol. The van der Waals surface area contributed by atoms with Gasteiger partial charge in [0.1, 0.15) is 17.3 Å². The summed E-state index contributed by atoms with van der Waals surface area (Å²) in [5.74, 6) is -0.763. The van der Waals surface area contributed by atoms with Crippen molar-refractivity contribution >= 4 is 17.6 Å². The van der Waals surface area contributed by atoms with E-state index in [1.807, 2.05) is 13.8 Å². The Morgan fingerprint density at radius 2 is 2.04 bits per heavy atom.